The molecule has 0 unspecified atom stereocenters. The number of aryl methyl sites for hydroxylation is 2. The number of fused-ring (bicyclic) bond motifs is 2. The van der Waals surface area contributed by atoms with E-state index < -0.39 is 0 Å². The van der Waals surface area contributed by atoms with Crippen LogP contribution in [0.4, 0.5) is 0 Å². The Balaban J connectivity index is 1.35. The van der Waals surface area contributed by atoms with Crippen molar-refractivity contribution in [2.75, 3.05) is 26.3 Å². The summed E-state index contributed by atoms with van der Waals surface area (Å²) >= 11 is 1.65. The van der Waals surface area contributed by atoms with Crippen molar-refractivity contribution in [2.24, 2.45) is 0 Å². The van der Waals surface area contributed by atoms with Gasteiger partial charge in [-0.15, -0.1) is 10.2 Å². The number of rotatable bonds is 4. The molecule has 5 rings (SSSR count). The highest BCUT2D eigenvalue weighted by atomic mass is 32.1. The predicted molar refractivity (Wildman–Crippen MR) is 101 cm³/mol. The lowest BCUT2D eigenvalue weighted by molar-refractivity contribution is 0.0328. The van der Waals surface area contributed by atoms with Crippen LogP contribution >= 0.6 is 11.3 Å². The van der Waals surface area contributed by atoms with E-state index in [1.54, 1.807) is 11.3 Å². The Morgan fingerprint density at radius 1 is 1.04 bits per heavy atom. The maximum Gasteiger partial charge on any atom is 0.234 e. The molecule has 1 aromatic carbocycles. The average molecular weight is 369 g/mol. The van der Waals surface area contributed by atoms with Gasteiger partial charge in [-0.05, 0) is 42.4 Å². The van der Waals surface area contributed by atoms with E-state index in [0.717, 1.165) is 55.1 Å². The predicted octanol–water partition coefficient (Wildman–Crippen LogP) is 2.49. The third-order valence-electron chi connectivity index (χ3n) is 5.33. The molecule has 0 N–H and O–H groups in total. The first-order chi connectivity index (χ1) is 12.8. The van der Waals surface area contributed by atoms with Crippen molar-refractivity contribution in [2.45, 2.75) is 38.6 Å². The summed E-state index contributed by atoms with van der Waals surface area (Å²) in [7, 11) is 0. The van der Waals surface area contributed by atoms with Crippen LogP contribution in [0.5, 0.6) is 0 Å². The van der Waals surface area contributed by atoms with Gasteiger partial charge in [-0.1, -0.05) is 29.5 Å². The molecule has 0 radical (unpaired) electrons. The zero-order valence-electron chi connectivity index (χ0n) is 14.9. The third kappa shape index (κ3) is 3.26. The second kappa shape index (κ2) is 7.06. The topological polar surface area (TPSA) is 55.5 Å². The molecule has 1 aliphatic heterocycles. The second-order valence-electron chi connectivity index (χ2n) is 7.18. The molecule has 1 aliphatic carbocycles. The lowest BCUT2D eigenvalue weighted by Crippen LogP contribution is -2.36. The van der Waals surface area contributed by atoms with Gasteiger partial charge < -0.3 is 4.74 Å². The zero-order chi connectivity index (χ0) is 17.3. The van der Waals surface area contributed by atoms with E-state index in [0.29, 0.717) is 0 Å². The molecule has 6 nitrogen and oxygen atoms in total. The first kappa shape index (κ1) is 16.4. The number of hydrogen-bond donors (Lipinski definition) is 0. The Hall–Kier alpha value is -1.83. The normalized spacial score (nSPS) is 18.3. The smallest absolute Gasteiger partial charge is 0.234 e. The number of morpholine rings is 1. The van der Waals surface area contributed by atoms with Crippen LogP contribution < -0.4 is 0 Å². The highest BCUT2D eigenvalue weighted by Crippen LogP contribution is 2.24. The summed E-state index contributed by atoms with van der Waals surface area (Å²) in [6, 6.07) is 6.96. The molecule has 0 amide bonds. The first-order valence-corrected chi connectivity index (χ1v) is 10.3. The molecular weight excluding hydrogens is 346 g/mol. The van der Waals surface area contributed by atoms with Gasteiger partial charge in [-0.3, -0.25) is 4.90 Å². The number of aromatic nitrogens is 4. The van der Waals surface area contributed by atoms with Crippen LogP contribution in [-0.2, 0) is 30.5 Å². The molecule has 0 saturated carbocycles. The molecule has 136 valence electrons. The number of nitrogens with zero attached hydrogens (tertiary/aromatic N) is 5. The van der Waals surface area contributed by atoms with Crippen LogP contribution in [0.25, 0.3) is 4.96 Å². The van der Waals surface area contributed by atoms with E-state index in [4.69, 9.17) is 9.84 Å². The lowest BCUT2D eigenvalue weighted by atomic mass is 9.90. The Kier molecular flexibility index (Phi) is 4.44. The van der Waals surface area contributed by atoms with Gasteiger partial charge >= 0.3 is 0 Å². The molecular formula is C19H23N5OS. The van der Waals surface area contributed by atoms with E-state index in [1.807, 2.05) is 4.52 Å². The first-order valence-electron chi connectivity index (χ1n) is 9.46. The monoisotopic (exact) mass is 369 g/mol. The largest absolute Gasteiger partial charge is 0.379 e. The summed E-state index contributed by atoms with van der Waals surface area (Å²) in [4.78, 5) is 3.24. The van der Waals surface area contributed by atoms with Crippen LogP contribution in [-0.4, -0.2) is 51.0 Å². The highest BCUT2D eigenvalue weighted by Gasteiger charge is 2.17. The SMILES string of the molecule is c1cc2c(cc1Cc1nn3c(CN4CCOCC4)nnc3s1)CCCC2. The number of hydrogen-bond acceptors (Lipinski definition) is 6. The molecule has 3 heterocycles. The minimum absolute atomic E-state index is 0.784. The van der Waals surface area contributed by atoms with Gasteiger partial charge in [0, 0.05) is 19.5 Å². The van der Waals surface area contributed by atoms with Crippen molar-refractivity contribution >= 4 is 16.3 Å². The summed E-state index contributed by atoms with van der Waals surface area (Å²) in [6.07, 6.45) is 5.97. The quantitative estimate of drug-likeness (QED) is 0.707. The van der Waals surface area contributed by atoms with Crippen molar-refractivity contribution < 1.29 is 4.74 Å². The van der Waals surface area contributed by atoms with Crippen molar-refractivity contribution in [3.8, 4) is 0 Å². The molecule has 26 heavy (non-hydrogen) atoms. The molecule has 1 saturated heterocycles. The van der Waals surface area contributed by atoms with Gasteiger partial charge in [0.25, 0.3) is 0 Å². The maximum absolute atomic E-state index is 5.42. The van der Waals surface area contributed by atoms with E-state index in [-0.39, 0.29) is 0 Å². The molecule has 0 atom stereocenters. The fraction of sp³-hybridized carbons (Fsp3) is 0.526. The summed E-state index contributed by atoms with van der Waals surface area (Å²) < 4.78 is 7.34. The van der Waals surface area contributed by atoms with Gasteiger partial charge in [-0.2, -0.15) is 9.61 Å². The van der Waals surface area contributed by atoms with Crippen molar-refractivity contribution in [1.29, 1.82) is 0 Å². The number of benzene rings is 1. The standard InChI is InChI=1S/C19H23N5OS/c1-2-4-16-11-14(5-6-15(16)3-1)12-18-22-24-17(20-21-19(24)26-18)13-23-7-9-25-10-8-23/h5-6,11H,1-4,7-10,12-13H2. The van der Waals surface area contributed by atoms with Crippen LogP contribution in [0.3, 0.4) is 0 Å². The Morgan fingerprint density at radius 2 is 1.88 bits per heavy atom. The number of ether oxygens (including phenoxy) is 1. The third-order valence-corrected chi connectivity index (χ3v) is 6.23. The summed E-state index contributed by atoms with van der Waals surface area (Å²) in [5, 5.41) is 14.6. The van der Waals surface area contributed by atoms with Gasteiger partial charge in [-0.25, -0.2) is 0 Å². The molecule has 2 aliphatic rings. The van der Waals surface area contributed by atoms with E-state index in [1.165, 1.54) is 42.4 Å². The van der Waals surface area contributed by atoms with Crippen LogP contribution in [0.15, 0.2) is 18.2 Å². The molecule has 3 aromatic rings. The second-order valence-corrected chi connectivity index (χ2v) is 8.22. The van der Waals surface area contributed by atoms with E-state index in [2.05, 4.69) is 33.3 Å². The highest BCUT2D eigenvalue weighted by molar-refractivity contribution is 7.16. The molecule has 2 aromatic heterocycles. The van der Waals surface area contributed by atoms with E-state index in [9.17, 15) is 0 Å². The molecule has 0 spiro atoms. The van der Waals surface area contributed by atoms with Crippen LogP contribution in [0.1, 0.15) is 40.4 Å². The van der Waals surface area contributed by atoms with Gasteiger partial charge in [0.2, 0.25) is 4.96 Å². The maximum atomic E-state index is 5.42. The lowest BCUT2D eigenvalue weighted by Gasteiger charge is -2.25. The van der Waals surface area contributed by atoms with Crippen LogP contribution in [0.2, 0.25) is 0 Å². The van der Waals surface area contributed by atoms with E-state index >= 15 is 0 Å². The van der Waals surface area contributed by atoms with Gasteiger partial charge in [0.15, 0.2) is 5.82 Å². The summed E-state index contributed by atoms with van der Waals surface area (Å²) in [5.41, 5.74) is 4.42. The van der Waals surface area contributed by atoms with Gasteiger partial charge in [0.05, 0.1) is 19.8 Å². The average Bonchev–Trinajstić information content (AvgIpc) is 3.24. The Bertz CT molecular complexity index is 912. The molecule has 7 heteroatoms. The Morgan fingerprint density at radius 3 is 2.77 bits per heavy atom. The fourth-order valence-electron chi connectivity index (χ4n) is 3.90. The van der Waals surface area contributed by atoms with Crippen molar-refractivity contribution in [1.82, 2.24) is 24.7 Å². The minimum Gasteiger partial charge on any atom is -0.379 e. The fourth-order valence-corrected chi connectivity index (χ4v) is 4.78. The molecule has 1 fully saturated rings. The minimum atomic E-state index is 0.784. The summed E-state index contributed by atoms with van der Waals surface area (Å²) in [6.45, 7) is 4.26. The van der Waals surface area contributed by atoms with Crippen LogP contribution in [0, 0.1) is 0 Å². The Labute approximate surface area is 156 Å². The van der Waals surface area contributed by atoms with Crippen molar-refractivity contribution in [3.05, 3.63) is 45.7 Å². The molecule has 0 bridgehead atoms. The van der Waals surface area contributed by atoms with Crippen molar-refractivity contribution in [3.63, 3.8) is 0 Å². The summed E-state index contributed by atoms with van der Waals surface area (Å²) in [5.74, 6) is 0.926. The zero-order valence-corrected chi connectivity index (χ0v) is 15.7. The van der Waals surface area contributed by atoms with Gasteiger partial charge in [0.1, 0.15) is 5.01 Å².